The minimum atomic E-state index is -4.70. The smallest absolute Gasteiger partial charge is 0.387 e. The van der Waals surface area contributed by atoms with Gasteiger partial charge in [0.25, 0.3) is 5.84 Å². The van der Waals surface area contributed by atoms with E-state index in [2.05, 4.69) is 14.8 Å². The molecule has 1 rings (SSSR count). The highest BCUT2D eigenvalue weighted by molar-refractivity contribution is 7.46. The summed E-state index contributed by atoms with van der Waals surface area (Å²) in [5.41, 5.74) is 5.49. The molecule has 1 saturated heterocycles. The van der Waals surface area contributed by atoms with Gasteiger partial charge in [-0.2, -0.15) is 0 Å². The van der Waals surface area contributed by atoms with Gasteiger partial charge in [0.2, 0.25) is 12.6 Å². The quantitative estimate of drug-likeness (QED) is 0.104. The number of hydrogen-bond acceptors (Lipinski definition) is 6. The van der Waals surface area contributed by atoms with Crippen LogP contribution in [0.3, 0.4) is 0 Å². The second-order valence-corrected chi connectivity index (χ2v) is 5.27. The zero-order chi connectivity index (χ0) is 15.3. The summed E-state index contributed by atoms with van der Waals surface area (Å²) in [5.74, 6) is 0.0740. The Kier molecular flexibility index (Phi) is 6.02. The Bertz CT molecular complexity index is 413. The van der Waals surface area contributed by atoms with Crippen LogP contribution in [0.15, 0.2) is 0 Å². The molecule has 8 N–H and O–H groups in total. The van der Waals surface area contributed by atoms with Crippen LogP contribution in [0.1, 0.15) is 0 Å². The molecule has 1 aliphatic heterocycles. The van der Waals surface area contributed by atoms with E-state index in [-0.39, 0.29) is 12.4 Å². The molecule has 0 bridgehead atoms. The van der Waals surface area contributed by atoms with Crippen molar-refractivity contribution in [1.82, 2.24) is 5.32 Å². The number of ether oxygens (including phenoxy) is 1. The molecule has 0 aromatic heterocycles. The highest BCUT2D eigenvalue weighted by Crippen LogP contribution is 2.36. The number of amides is 1. The van der Waals surface area contributed by atoms with Gasteiger partial charge in [0.05, 0.1) is 6.61 Å². The van der Waals surface area contributed by atoms with Crippen LogP contribution < -0.4 is 16.0 Å². The van der Waals surface area contributed by atoms with E-state index in [0.717, 1.165) is 0 Å². The van der Waals surface area contributed by atoms with Gasteiger partial charge in [-0.1, -0.05) is 0 Å². The molecule has 0 saturated carbocycles. The molecule has 1 heterocycles. The molecule has 1 fully saturated rings. The van der Waals surface area contributed by atoms with E-state index in [0.29, 0.717) is 6.41 Å². The highest BCUT2D eigenvalue weighted by Gasteiger charge is 2.45. The number of nitrogens with two attached hydrogens (primary N) is 1. The molecule has 0 aromatic rings. The third-order valence-corrected chi connectivity index (χ3v) is 2.96. The average Bonchev–Trinajstić information content (AvgIpc) is 2.61. The molecule has 0 unspecified atom stereocenters. The van der Waals surface area contributed by atoms with Gasteiger partial charge >= 0.3 is 7.82 Å². The van der Waals surface area contributed by atoms with Gasteiger partial charge in [-0.25, -0.2) is 9.56 Å². The molecule has 0 radical (unpaired) electrons. The van der Waals surface area contributed by atoms with Crippen molar-refractivity contribution < 1.29 is 43.6 Å². The number of carbonyl (C=O) groups excluding carboxylic acids is 1. The van der Waals surface area contributed by atoms with Crippen LogP contribution in [0.4, 0.5) is 0 Å². The van der Waals surface area contributed by atoms with Crippen LogP contribution in [0, 0.1) is 0 Å². The lowest BCUT2D eigenvalue weighted by Gasteiger charge is -2.14. The lowest BCUT2D eigenvalue weighted by molar-refractivity contribution is -0.569. The first-order valence-electron chi connectivity index (χ1n) is 5.51. The Morgan fingerprint density at radius 3 is 2.65 bits per heavy atom. The fourth-order valence-corrected chi connectivity index (χ4v) is 1.90. The first kappa shape index (κ1) is 17.0. The summed E-state index contributed by atoms with van der Waals surface area (Å²) in [6.07, 6.45) is -4.60. The van der Waals surface area contributed by atoms with Crippen molar-refractivity contribution in [3.63, 3.8) is 0 Å². The summed E-state index contributed by atoms with van der Waals surface area (Å²) in [5, 5.41) is 21.6. The van der Waals surface area contributed by atoms with Crippen LogP contribution in [0.2, 0.25) is 0 Å². The van der Waals surface area contributed by atoms with E-state index in [1.54, 1.807) is 0 Å². The summed E-state index contributed by atoms with van der Waals surface area (Å²) < 4.78 is 19.9. The first-order valence-corrected chi connectivity index (χ1v) is 7.04. The predicted octanol–water partition coefficient (Wildman–Crippen LogP) is -5.27. The van der Waals surface area contributed by atoms with Gasteiger partial charge < -0.3 is 30.1 Å². The van der Waals surface area contributed by atoms with Crippen molar-refractivity contribution in [2.45, 2.75) is 24.5 Å². The summed E-state index contributed by atoms with van der Waals surface area (Å²) in [6, 6.07) is 0. The van der Waals surface area contributed by atoms with E-state index in [4.69, 9.17) is 20.3 Å². The molecule has 0 spiro atoms. The lowest BCUT2D eigenvalue weighted by Crippen LogP contribution is -2.85. The summed E-state index contributed by atoms with van der Waals surface area (Å²) in [4.78, 5) is 29.7. The normalized spacial score (nSPS) is 31.3. The van der Waals surface area contributed by atoms with Crippen molar-refractivity contribution in [2.75, 3.05) is 13.2 Å². The zero-order valence-corrected chi connectivity index (χ0v) is 11.1. The molecule has 20 heavy (non-hydrogen) atoms. The maximum Gasteiger partial charge on any atom is 0.469 e. The number of aliphatic hydroxyl groups excluding tert-OH is 2. The van der Waals surface area contributed by atoms with Crippen molar-refractivity contribution >= 4 is 20.1 Å². The number of phosphoric ester groups is 1. The number of aliphatic hydroxyl groups is 2. The maximum atomic E-state index is 10.5. The van der Waals surface area contributed by atoms with Gasteiger partial charge in [0.1, 0.15) is 24.9 Å². The summed E-state index contributed by atoms with van der Waals surface area (Å²) in [7, 11) is -4.70. The van der Waals surface area contributed by atoms with E-state index >= 15 is 0 Å². The lowest BCUT2D eigenvalue weighted by atomic mass is 10.1. The van der Waals surface area contributed by atoms with Gasteiger partial charge in [-0.3, -0.25) is 15.1 Å². The monoisotopic (exact) mass is 314 g/mol. The topological polar surface area (TPSA) is 186 Å². The molecule has 1 aliphatic rings. The van der Waals surface area contributed by atoms with Crippen molar-refractivity contribution in [3.05, 3.63) is 0 Å². The van der Waals surface area contributed by atoms with Crippen LogP contribution >= 0.6 is 7.82 Å². The predicted molar refractivity (Wildman–Crippen MR) is 62.9 cm³/mol. The number of rotatable bonds is 7. The highest BCUT2D eigenvalue weighted by atomic mass is 31.2. The summed E-state index contributed by atoms with van der Waals surface area (Å²) >= 11 is 0. The number of carbonyl (C=O) groups is 1. The van der Waals surface area contributed by atoms with Crippen LogP contribution in [-0.2, 0) is 18.6 Å². The SMILES string of the molecule is N/C(CNC=O)=[NH+]\[C@@H]1O[C@H](COP(=O)(O)O)[C@@H](O)[C@H]1O. The number of nitrogens with one attached hydrogen (secondary N) is 2. The zero-order valence-electron chi connectivity index (χ0n) is 10.2. The fraction of sp³-hybridized carbons (Fsp3) is 0.750. The van der Waals surface area contributed by atoms with Crippen molar-refractivity contribution in [1.29, 1.82) is 0 Å². The second-order valence-electron chi connectivity index (χ2n) is 4.03. The average molecular weight is 314 g/mol. The van der Waals surface area contributed by atoms with Crippen LogP contribution in [0.25, 0.3) is 0 Å². The summed E-state index contributed by atoms with van der Waals surface area (Å²) in [6.45, 7) is -0.622. The van der Waals surface area contributed by atoms with E-state index < -0.39 is 39.0 Å². The molecule has 0 aromatic carbocycles. The Hall–Kier alpha value is -1.07. The number of phosphoric acid groups is 1. The number of amidine groups is 1. The Morgan fingerprint density at radius 2 is 2.10 bits per heavy atom. The maximum absolute atomic E-state index is 10.5. The molecular formula is C8H17N3O8P+. The largest absolute Gasteiger partial charge is 0.469 e. The van der Waals surface area contributed by atoms with E-state index in [1.165, 1.54) is 0 Å². The first-order chi connectivity index (χ1) is 9.24. The minimum Gasteiger partial charge on any atom is -0.387 e. The van der Waals surface area contributed by atoms with Gasteiger partial charge in [0.15, 0.2) is 0 Å². The van der Waals surface area contributed by atoms with Crippen LogP contribution in [-0.4, -0.2) is 69.9 Å². The van der Waals surface area contributed by atoms with Crippen LogP contribution in [0.5, 0.6) is 0 Å². The standard InChI is InChI=1S/C8H16N3O8P/c9-5(1-10-3-12)11-8-7(14)6(13)4(19-8)2-18-20(15,16)17/h3-4,6-8,13-14H,1-2H2,(H2,9,11)(H,10,12)(H2,15,16,17)/p+1/t4-,6-,7-,8-/m1/s1. The minimum absolute atomic E-state index is 0.0180. The van der Waals surface area contributed by atoms with Crippen molar-refractivity contribution in [2.24, 2.45) is 5.73 Å². The fourth-order valence-electron chi connectivity index (χ4n) is 1.56. The van der Waals surface area contributed by atoms with E-state index in [1.807, 2.05) is 0 Å². The van der Waals surface area contributed by atoms with Gasteiger partial charge in [0, 0.05) is 0 Å². The van der Waals surface area contributed by atoms with Gasteiger partial charge in [-0.15, -0.1) is 0 Å². The molecule has 11 nitrogen and oxygen atoms in total. The van der Waals surface area contributed by atoms with E-state index in [9.17, 15) is 19.6 Å². The molecule has 12 heteroatoms. The Morgan fingerprint density at radius 1 is 1.45 bits per heavy atom. The molecule has 1 amide bonds. The number of hydrogen-bond donors (Lipinski definition) is 7. The third-order valence-electron chi connectivity index (χ3n) is 2.47. The molecular weight excluding hydrogens is 297 g/mol. The van der Waals surface area contributed by atoms with Gasteiger partial charge in [-0.05, 0) is 0 Å². The molecule has 116 valence electrons. The molecule has 0 aliphatic carbocycles. The Labute approximate surface area is 113 Å². The van der Waals surface area contributed by atoms with Crippen molar-refractivity contribution in [3.8, 4) is 0 Å². The second kappa shape index (κ2) is 7.09. The Balaban J connectivity index is 2.59. The molecule has 4 atom stereocenters. The third kappa shape index (κ3) is 5.13.